The van der Waals surface area contributed by atoms with E-state index >= 15 is 0 Å². The highest BCUT2D eigenvalue weighted by Gasteiger charge is 2.03. The molecule has 0 saturated heterocycles. The van der Waals surface area contributed by atoms with Crippen molar-refractivity contribution in [2.75, 3.05) is 18.5 Å². The summed E-state index contributed by atoms with van der Waals surface area (Å²) >= 11 is 4.98. The van der Waals surface area contributed by atoms with Crippen LogP contribution in [0.2, 0.25) is 0 Å². The first kappa shape index (κ1) is 12.9. The van der Waals surface area contributed by atoms with Crippen molar-refractivity contribution >= 4 is 22.9 Å². The SMILES string of the molecule is CC(C)OCCNc1ccccc1C(N)=S. The fraction of sp³-hybridized carbons (Fsp3) is 0.417. The Kier molecular flexibility index (Phi) is 5.22. The maximum Gasteiger partial charge on any atom is 0.106 e. The first-order valence-corrected chi connectivity index (χ1v) is 5.76. The van der Waals surface area contributed by atoms with Gasteiger partial charge in [-0.25, -0.2) is 0 Å². The molecule has 1 aromatic carbocycles. The van der Waals surface area contributed by atoms with E-state index in [1.54, 1.807) is 0 Å². The summed E-state index contributed by atoms with van der Waals surface area (Å²) in [4.78, 5) is 0.410. The Hall–Kier alpha value is -1.13. The van der Waals surface area contributed by atoms with Crippen LogP contribution in [0.1, 0.15) is 19.4 Å². The fourth-order valence-corrected chi connectivity index (χ4v) is 1.51. The minimum absolute atomic E-state index is 0.257. The Labute approximate surface area is 102 Å². The van der Waals surface area contributed by atoms with Crippen molar-refractivity contribution in [3.8, 4) is 0 Å². The zero-order chi connectivity index (χ0) is 12.0. The summed E-state index contributed by atoms with van der Waals surface area (Å²) in [6.07, 6.45) is 0.257. The third-order valence-corrected chi connectivity index (χ3v) is 2.28. The van der Waals surface area contributed by atoms with Crippen molar-refractivity contribution < 1.29 is 4.74 Å². The molecule has 0 atom stereocenters. The van der Waals surface area contributed by atoms with Crippen molar-refractivity contribution in [3.63, 3.8) is 0 Å². The number of para-hydroxylation sites is 1. The van der Waals surface area contributed by atoms with Crippen LogP contribution in [0.15, 0.2) is 24.3 Å². The lowest BCUT2D eigenvalue weighted by atomic mass is 10.2. The second-order valence-corrected chi connectivity index (χ2v) is 4.20. The van der Waals surface area contributed by atoms with Crippen LogP contribution in [0, 0.1) is 0 Å². The number of nitrogens with two attached hydrogens (primary N) is 1. The molecule has 1 rings (SSSR count). The average Bonchev–Trinajstić information content (AvgIpc) is 2.24. The number of hydrogen-bond acceptors (Lipinski definition) is 3. The smallest absolute Gasteiger partial charge is 0.106 e. The number of benzene rings is 1. The molecule has 0 spiro atoms. The van der Waals surface area contributed by atoms with E-state index in [1.165, 1.54) is 0 Å². The summed E-state index contributed by atoms with van der Waals surface area (Å²) in [5.41, 5.74) is 7.46. The van der Waals surface area contributed by atoms with E-state index in [4.69, 9.17) is 22.7 Å². The van der Waals surface area contributed by atoms with Gasteiger partial charge < -0.3 is 15.8 Å². The van der Waals surface area contributed by atoms with E-state index in [0.717, 1.165) is 17.8 Å². The molecule has 1 aromatic rings. The van der Waals surface area contributed by atoms with Gasteiger partial charge in [-0.1, -0.05) is 24.4 Å². The highest BCUT2D eigenvalue weighted by atomic mass is 32.1. The van der Waals surface area contributed by atoms with E-state index in [2.05, 4.69) is 5.32 Å². The number of rotatable bonds is 6. The van der Waals surface area contributed by atoms with Gasteiger partial charge in [0, 0.05) is 17.8 Å². The quantitative estimate of drug-likeness (QED) is 0.589. The van der Waals surface area contributed by atoms with Crippen LogP contribution in [0.5, 0.6) is 0 Å². The van der Waals surface area contributed by atoms with E-state index < -0.39 is 0 Å². The standard InChI is InChI=1S/C12H18N2OS/c1-9(2)15-8-7-14-11-6-4-3-5-10(11)12(13)16/h3-6,9,14H,7-8H2,1-2H3,(H2,13,16). The second kappa shape index (κ2) is 6.45. The highest BCUT2D eigenvalue weighted by Crippen LogP contribution is 2.14. The second-order valence-electron chi connectivity index (χ2n) is 3.76. The molecule has 0 aliphatic heterocycles. The van der Waals surface area contributed by atoms with Crippen molar-refractivity contribution in [1.82, 2.24) is 0 Å². The lowest BCUT2D eigenvalue weighted by molar-refractivity contribution is 0.0870. The predicted octanol–water partition coefficient (Wildman–Crippen LogP) is 2.16. The lowest BCUT2D eigenvalue weighted by Gasteiger charge is -2.12. The summed E-state index contributed by atoms with van der Waals surface area (Å²) in [6.45, 7) is 5.45. The van der Waals surface area contributed by atoms with Gasteiger partial charge in [-0.3, -0.25) is 0 Å². The molecular weight excluding hydrogens is 220 g/mol. The molecule has 0 aliphatic carbocycles. The van der Waals surface area contributed by atoms with Crippen LogP contribution in [-0.2, 0) is 4.74 Å². The minimum atomic E-state index is 0.257. The Morgan fingerprint density at radius 1 is 1.44 bits per heavy atom. The molecule has 0 radical (unpaired) electrons. The third kappa shape index (κ3) is 4.16. The maximum atomic E-state index is 5.63. The van der Waals surface area contributed by atoms with Crippen LogP contribution < -0.4 is 11.1 Å². The predicted molar refractivity (Wildman–Crippen MR) is 71.9 cm³/mol. The highest BCUT2D eigenvalue weighted by molar-refractivity contribution is 7.80. The molecule has 3 N–H and O–H groups in total. The molecule has 4 heteroatoms. The van der Waals surface area contributed by atoms with Crippen LogP contribution in [0.25, 0.3) is 0 Å². The van der Waals surface area contributed by atoms with Gasteiger partial charge in [-0.05, 0) is 26.0 Å². The molecule has 3 nitrogen and oxygen atoms in total. The van der Waals surface area contributed by atoms with E-state index in [1.807, 2.05) is 38.1 Å². The number of ether oxygens (including phenoxy) is 1. The van der Waals surface area contributed by atoms with Crippen molar-refractivity contribution in [1.29, 1.82) is 0 Å². The van der Waals surface area contributed by atoms with Gasteiger partial charge in [0.2, 0.25) is 0 Å². The van der Waals surface area contributed by atoms with Crippen LogP contribution in [-0.4, -0.2) is 24.2 Å². The molecule has 0 aliphatic rings. The number of nitrogens with one attached hydrogen (secondary N) is 1. The van der Waals surface area contributed by atoms with Gasteiger partial charge >= 0.3 is 0 Å². The van der Waals surface area contributed by atoms with Crippen molar-refractivity contribution in [2.24, 2.45) is 5.73 Å². The first-order valence-electron chi connectivity index (χ1n) is 5.35. The van der Waals surface area contributed by atoms with Crippen LogP contribution >= 0.6 is 12.2 Å². The van der Waals surface area contributed by atoms with Gasteiger partial charge in [0.1, 0.15) is 4.99 Å². The summed E-state index contributed by atoms with van der Waals surface area (Å²) < 4.78 is 5.44. The Morgan fingerprint density at radius 3 is 2.75 bits per heavy atom. The number of thiocarbonyl (C=S) groups is 1. The molecule has 16 heavy (non-hydrogen) atoms. The molecule has 0 heterocycles. The van der Waals surface area contributed by atoms with Crippen molar-refractivity contribution in [2.45, 2.75) is 20.0 Å². The number of anilines is 1. The van der Waals surface area contributed by atoms with Gasteiger partial charge in [-0.2, -0.15) is 0 Å². The summed E-state index contributed by atoms with van der Waals surface area (Å²) in [7, 11) is 0. The fourth-order valence-electron chi connectivity index (χ4n) is 1.33. The lowest BCUT2D eigenvalue weighted by Crippen LogP contribution is -2.17. The Morgan fingerprint density at radius 2 is 2.12 bits per heavy atom. The van der Waals surface area contributed by atoms with E-state index in [-0.39, 0.29) is 6.10 Å². The Balaban J connectivity index is 2.50. The zero-order valence-electron chi connectivity index (χ0n) is 9.69. The third-order valence-electron chi connectivity index (χ3n) is 2.06. The molecule has 0 saturated carbocycles. The number of hydrogen-bond donors (Lipinski definition) is 2. The molecule has 0 unspecified atom stereocenters. The van der Waals surface area contributed by atoms with Crippen molar-refractivity contribution in [3.05, 3.63) is 29.8 Å². The monoisotopic (exact) mass is 238 g/mol. The van der Waals surface area contributed by atoms with Gasteiger partial charge in [0.15, 0.2) is 0 Å². The van der Waals surface area contributed by atoms with E-state index in [0.29, 0.717) is 11.6 Å². The molecular formula is C12H18N2OS. The van der Waals surface area contributed by atoms with Crippen LogP contribution in [0.3, 0.4) is 0 Å². The zero-order valence-corrected chi connectivity index (χ0v) is 10.5. The largest absolute Gasteiger partial charge is 0.389 e. The Bertz CT molecular complexity index is 353. The molecule has 0 aromatic heterocycles. The normalized spacial score (nSPS) is 10.4. The summed E-state index contributed by atoms with van der Waals surface area (Å²) in [6, 6.07) is 7.75. The van der Waals surface area contributed by atoms with Crippen LogP contribution in [0.4, 0.5) is 5.69 Å². The molecule has 0 fully saturated rings. The minimum Gasteiger partial charge on any atom is -0.389 e. The molecule has 0 amide bonds. The first-order chi connectivity index (χ1) is 7.61. The topological polar surface area (TPSA) is 47.3 Å². The van der Waals surface area contributed by atoms with Gasteiger partial charge in [-0.15, -0.1) is 0 Å². The maximum absolute atomic E-state index is 5.63. The molecule has 88 valence electrons. The van der Waals surface area contributed by atoms with E-state index in [9.17, 15) is 0 Å². The summed E-state index contributed by atoms with van der Waals surface area (Å²) in [5.74, 6) is 0. The summed E-state index contributed by atoms with van der Waals surface area (Å²) in [5, 5.41) is 3.26. The van der Waals surface area contributed by atoms with Gasteiger partial charge in [0.05, 0.1) is 12.7 Å². The molecule has 0 bridgehead atoms. The van der Waals surface area contributed by atoms with Gasteiger partial charge in [0.25, 0.3) is 0 Å². The average molecular weight is 238 g/mol.